The summed E-state index contributed by atoms with van der Waals surface area (Å²) >= 11 is 12.6. The lowest BCUT2D eigenvalue weighted by Crippen LogP contribution is -2.51. The summed E-state index contributed by atoms with van der Waals surface area (Å²) in [5.41, 5.74) is 3.05. The quantitative estimate of drug-likeness (QED) is 0.392. The molecule has 1 aliphatic rings. The third kappa shape index (κ3) is 5.12. The number of benzene rings is 1. The van der Waals surface area contributed by atoms with Gasteiger partial charge < -0.3 is 19.4 Å². The van der Waals surface area contributed by atoms with Crippen molar-refractivity contribution in [2.24, 2.45) is 0 Å². The highest BCUT2D eigenvalue weighted by Crippen LogP contribution is 2.34. The van der Waals surface area contributed by atoms with E-state index in [1.807, 2.05) is 30.0 Å². The summed E-state index contributed by atoms with van der Waals surface area (Å²) < 4.78 is 6.16. The first-order chi connectivity index (χ1) is 17.8. The Morgan fingerprint density at radius 3 is 2.38 bits per heavy atom. The molecule has 4 aromatic rings. The average Bonchev–Trinajstić information content (AvgIpc) is 3.31. The van der Waals surface area contributed by atoms with Crippen LogP contribution in [0.3, 0.4) is 0 Å². The van der Waals surface area contributed by atoms with E-state index in [0.29, 0.717) is 53.5 Å². The number of urea groups is 1. The van der Waals surface area contributed by atoms with Crippen LogP contribution in [0.5, 0.6) is 5.75 Å². The highest BCUT2D eigenvalue weighted by Gasteiger charge is 2.24. The number of H-pyrrole nitrogens is 1. The van der Waals surface area contributed by atoms with E-state index in [-0.39, 0.29) is 12.1 Å². The number of carbonyl (C=O) groups excluding carboxylic acids is 1. The Kier molecular flexibility index (Phi) is 7.03. The van der Waals surface area contributed by atoms with Gasteiger partial charge in [0.2, 0.25) is 5.95 Å². The van der Waals surface area contributed by atoms with Crippen molar-refractivity contribution < 1.29 is 9.53 Å². The first-order valence-corrected chi connectivity index (χ1v) is 12.5. The molecule has 0 radical (unpaired) electrons. The van der Waals surface area contributed by atoms with Crippen molar-refractivity contribution in [3.05, 3.63) is 58.6 Å². The van der Waals surface area contributed by atoms with Gasteiger partial charge >= 0.3 is 6.03 Å². The van der Waals surface area contributed by atoms with E-state index in [2.05, 4.69) is 30.0 Å². The fraction of sp³-hybridized carbons (Fsp3) is 0.320. The molecule has 2 amide bonds. The van der Waals surface area contributed by atoms with Crippen LogP contribution in [0.1, 0.15) is 18.6 Å². The van der Waals surface area contributed by atoms with Crippen molar-refractivity contribution >= 4 is 46.1 Å². The normalized spacial score (nSPS) is 14.6. The Labute approximate surface area is 224 Å². The maximum absolute atomic E-state index is 12.2. The highest BCUT2D eigenvalue weighted by atomic mass is 35.5. The Balaban J connectivity index is 1.32. The fourth-order valence-electron chi connectivity index (χ4n) is 4.35. The average molecular weight is 541 g/mol. The number of pyridine rings is 1. The zero-order valence-electron chi connectivity index (χ0n) is 20.7. The smallest absolute Gasteiger partial charge is 0.319 e. The number of ether oxygens (including phenoxy) is 1. The molecule has 0 aliphatic carbocycles. The lowest BCUT2D eigenvalue weighted by atomic mass is 10.1. The van der Waals surface area contributed by atoms with Crippen LogP contribution in [0.2, 0.25) is 10.0 Å². The van der Waals surface area contributed by atoms with Gasteiger partial charge in [0, 0.05) is 81.6 Å². The molecule has 1 fully saturated rings. The molecule has 1 saturated heterocycles. The summed E-state index contributed by atoms with van der Waals surface area (Å²) in [6, 6.07) is 5.71. The number of hydrogen-bond donors (Lipinski definition) is 1. The van der Waals surface area contributed by atoms with E-state index in [4.69, 9.17) is 27.9 Å². The molecule has 0 spiro atoms. The molecular weight excluding hydrogens is 515 g/mol. The Bertz CT molecular complexity index is 1400. The molecule has 1 N–H and O–H groups in total. The van der Waals surface area contributed by atoms with Gasteiger partial charge in [-0.2, -0.15) is 5.10 Å². The third-order valence-electron chi connectivity index (χ3n) is 6.27. The maximum Gasteiger partial charge on any atom is 0.319 e. The second kappa shape index (κ2) is 10.4. The van der Waals surface area contributed by atoms with Crippen molar-refractivity contribution in [2.45, 2.75) is 13.0 Å². The SMILES string of the molecule is C[C@@H](Oc1ccc2[nH]nc(-c3cnc(N4CCN(C(=O)N(C)C)CC4)nc3)c2c1)c1c(Cl)cncc1Cl. The largest absolute Gasteiger partial charge is 0.486 e. The van der Waals surface area contributed by atoms with Crippen LogP contribution in [0, 0.1) is 0 Å². The summed E-state index contributed by atoms with van der Waals surface area (Å²) in [7, 11) is 3.52. The number of amides is 2. The van der Waals surface area contributed by atoms with Gasteiger partial charge in [-0.3, -0.25) is 10.1 Å². The minimum Gasteiger partial charge on any atom is -0.486 e. The minimum atomic E-state index is -0.382. The van der Waals surface area contributed by atoms with Crippen LogP contribution in [0.4, 0.5) is 10.7 Å². The standard InChI is InChI=1S/C25H26Cl2N8O2/c1-15(22-19(26)13-28-14-20(22)27)37-17-4-5-21-18(10-17)23(32-31-21)16-11-29-24(30-12-16)34-6-8-35(9-7-34)25(36)33(2)3/h4-5,10-15H,6-9H2,1-3H3,(H,31,32)/t15-/m1/s1. The zero-order chi connectivity index (χ0) is 26.1. The molecule has 37 heavy (non-hydrogen) atoms. The molecule has 4 heterocycles. The van der Waals surface area contributed by atoms with E-state index in [1.54, 1.807) is 43.8 Å². The summed E-state index contributed by atoms with van der Waals surface area (Å²) in [4.78, 5) is 30.8. The number of aromatic nitrogens is 5. The number of nitrogens with zero attached hydrogens (tertiary/aromatic N) is 7. The molecule has 10 nitrogen and oxygen atoms in total. The molecular formula is C25H26Cl2N8O2. The molecule has 5 rings (SSSR count). The summed E-state index contributed by atoms with van der Waals surface area (Å²) in [5, 5.41) is 9.33. The predicted molar refractivity (Wildman–Crippen MR) is 143 cm³/mol. The summed E-state index contributed by atoms with van der Waals surface area (Å²) in [6.45, 7) is 4.49. The number of carbonyl (C=O) groups is 1. The molecule has 1 atom stereocenters. The van der Waals surface area contributed by atoms with Crippen molar-refractivity contribution in [3.63, 3.8) is 0 Å². The van der Waals surface area contributed by atoms with Gasteiger partial charge in [-0.05, 0) is 25.1 Å². The molecule has 12 heteroatoms. The number of rotatable bonds is 5. The van der Waals surface area contributed by atoms with Gasteiger partial charge in [0.05, 0.1) is 15.6 Å². The van der Waals surface area contributed by atoms with Gasteiger partial charge in [0.1, 0.15) is 17.5 Å². The molecule has 0 saturated carbocycles. The molecule has 0 unspecified atom stereocenters. The van der Waals surface area contributed by atoms with Gasteiger partial charge in [-0.15, -0.1) is 0 Å². The van der Waals surface area contributed by atoms with Crippen LogP contribution in [0.25, 0.3) is 22.2 Å². The number of halogens is 2. The van der Waals surface area contributed by atoms with Crippen molar-refractivity contribution in [1.29, 1.82) is 0 Å². The third-order valence-corrected chi connectivity index (χ3v) is 6.87. The molecule has 192 valence electrons. The molecule has 3 aromatic heterocycles. The maximum atomic E-state index is 12.2. The van der Waals surface area contributed by atoms with Gasteiger partial charge in [-0.1, -0.05) is 23.2 Å². The summed E-state index contributed by atoms with van der Waals surface area (Å²) in [5.74, 6) is 1.28. The monoisotopic (exact) mass is 540 g/mol. The van der Waals surface area contributed by atoms with Gasteiger partial charge in [0.25, 0.3) is 0 Å². The van der Waals surface area contributed by atoms with Crippen LogP contribution in [-0.2, 0) is 0 Å². The second-order valence-corrected chi connectivity index (χ2v) is 9.79. The van der Waals surface area contributed by atoms with E-state index >= 15 is 0 Å². The second-order valence-electron chi connectivity index (χ2n) is 8.98. The number of aromatic amines is 1. The lowest BCUT2D eigenvalue weighted by Gasteiger charge is -2.35. The number of anilines is 1. The van der Waals surface area contributed by atoms with Gasteiger partial charge in [-0.25, -0.2) is 14.8 Å². The van der Waals surface area contributed by atoms with E-state index < -0.39 is 0 Å². The topological polar surface area (TPSA) is 103 Å². The number of hydrogen-bond acceptors (Lipinski definition) is 7. The Morgan fingerprint density at radius 1 is 1.05 bits per heavy atom. The first kappa shape index (κ1) is 25.0. The van der Waals surface area contributed by atoms with Crippen LogP contribution in [-0.4, -0.2) is 81.3 Å². The van der Waals surface area contributed by atoms with Crippen molar-refractivity contribution in [2.75, 3.05) is 45.2 Å². The van der Waals surface area contributed by atoms with Crippen molar-refractivity contribution in [1.82, 2.24) is 34.9 Å². The van der Waals surface area contributed by atoms with E-state index in [0.717, 1.165) is 22.2 Å². The number of fused-ring (bicyclic) bond motifs is 1. The first-order valence-electron chi connectivity index (χ1n) is 11.8. The fourth-order valence-corrected chi connectivity index (χ4v) is 5.02. The van der Waals surface area contributed by atoms with Crippen LogP contribution < -0.4 is 9.64 Å². The van der Waals surface area contributed by atoms with Crippen molar-refractivity contribution in [3.8, 4) is 17.0 Å². The number of nitrogens with one attached hydrogen (secondary N) is 1. The predicted octanol–water partition coefficient (Wildman–Crippen LogP) is 4.67. The zero-order valence-corrected chi connectivity index (χ0v) is 22.2. The van der Waals surface area contributed by atoms with Crippen LogP contribution >= 0.6 is 23.2 Å². The van der Waals surface area contributed by atoms with Gasteiger partial charge in [0.15, 0.2) is 0 Å². The van der Waals surface area contributed by atoms with E-state index in [9.17, 15) is 4.79 Å². The Hall–Kier alpha value is -3.63. The number of piperazine rings is 1. The Morgan fingerprint density at radius 2 is 1.73 bits per heavy atom. The summed E-state index contributed by atoms with van der Waals surface area (Å²) in [6.07, 6.45) is 6.25. The van der Waals surface area contributed by atoms with E-state index in [1.165, 1.54) is 0 Å². The molecule has 1 aliphatic heterocycles. The molecule has 1 aromatic carbocycles. The highest BCUT2D eigenvalue weighted by molar-refractivity contribution is 6.35. The van der Waals surface area contributed by atoms with Crippen LogP contribution in [0.15, 0.2) is 43.0 Å². The molecule has 0 bridgehead atoms. The minimum absolute atomic E-state index is 0.0195. The lowest BCUT2D eigenvalue weighted by molar-refractivity contribution is 0.167.